The predicted molar refractivity (Wildman–Crippen MR) is 131 cm³/mol. The fourth-order valence-electron chi connectivity index (χ4n) is 4.66. The predicted octanol–water partition coefficient (Wildman–Crippen LogP) is 4.73. The highest BCUT2D eigenvalue weighted by Gasteiger charge is 2.27. The maximum atomic E-state index is 13.0. The third kappa shape index (κ3) is 5.03. The Bertz CT molecular complexity index is 1310. The number of H-pyrrole nitrogens is 1. The molecule has 2 heterocycles. The van der Waals surface area contributed by atoms with Gasteiger partial charge in [-0.15, -0.1) is 0 Å². The maximum absolute atomic E-state index is 13.0. The van der Waals surface area contributed by atoms with Gasteiger partial charge in [0.1, 0.15) is 12.4 Å². The van der Waals surface area contributed by atoms with Gasteiger partial charge in [-0.05, 0) is 36.5 Å². The van der Waals surface area contributed by atoms with Crippen LogP contribution in [0.2, 0.25) is 0 Å². The molecule has 7 heteroatoms. The summed E-state index contributed by atoms with van der Waals surface area (Å²) in [6.45, 7) is 0.764. The number of pyridine rings is 1. The first-order valence-electron chi connectivity index (χ1n) is 11.8. The number of alkyl carbamates (subject to hydrolysis) is 1. The van der Waals surface area contributed by atoms with Gasteiger partial charge in [-0.3, -0.25) is 4.79 Å². The number of benzene rings is 2. The van der Waals surface area contributed by atoms with E-state index in [1.54, 1.807) is 4.57 Å². The van der Waals surface area contributed by atoms with Crippen LogP contribution in [-0.4, -0.2) is 26.7 Å². The fourth-order valence-corrected chi connectivity index (χ4v) is 4.66. The summed E-state index contributed by atoms with van der Waals surface area (Å²) in [5, 5.41) is 3.00. The standard InChI is InChI=1S/C27H28N4O3/c32-26-24-23(14-15-31(26)17-19-8-3-1-4-9-19)29-25(30-24)21-12-7-13-22(16-21)28-27(33)34-18-20-10-5-2-6-11-20/h1-6,8-11,14-15,21-22H,7,12-13,16-18H2,(H,28,33)(H,29,30). The van der Waals surface area contributed by atoms with Crippen molar-refractivity contribution in [3.63, 3.8) is 0 Å². The molecule has 0 radical (unpaired) electrons. The van der Waals surface area contributed by atoms with Crippen molar-refractivity contribution in [2.75, 3.05) is 0 Å². The van der Waals surface area contributed by atoms with Crippen molar-refractivity contribution in [3.05, 3.63) is 100 Å². The van der Waals surface area contributed by atoms with Crippen molar-refractivity contribution in [3.8, 4) is 0 Å². The SMILES string of the molecule is O=C(NC1CCCC(c2nc3c(=O)n(Cc4ccccc4)ccc3[nH]2)C1)OCc1ccccc1. The summed E-state index contributed by atoms with van der Waals surface area (Å²) in [5.74, 6) is 0.969. The quantitative estimate of drug-likeness (QED) is 0.439. The lowest BCUT2D eigenvalue weighted by molar-refractivity contribution is 0.132. The first-order valence-corrected chi connectivity index (χ1v) is 11.8. The number of carbonyl (C=O) groups excluding carboxylic acids is 1. The van der Waals surface area contributed by atoms with Gasteiger partial charge < -0.3 is 19.6 Å². The first-order chi connectivity index (χ1) is 16.7. The van der Waals surface area contributed by atoms with Crippen LogP contribution in [0.3, 0.4) is 0 Å². The van der Waals surface area contributed by atoms with Crippen molar-refractivity contribution in [2.45, 2.75) is 50.8 Å². The minimum absolute atomic E-state index is 0.0185. The molecule has 0 saturated heterocycles. The Kier molecular flexibility index (Phi) is 6.42. The number of ether oxygens (including phenoxy) is 1. The van der Waals surface area contributed by atoms with Gasteiger partial charge in [0.2, 0.25) is 0 Å². The number of carbonyl (C=O) groups is 1. The van der Waals surface area contributed by atoms with Gasteiger partial charge in [0.25, 0.3) is 5.56 Å². The van der Waals surface area contributed by atoms with Crippen LogP contribution < -0.4 is 10.9 Å². The summed E-state index contributed by atoms with van der Waals surface area (Å²) in [6.07, 6.45) is 5.02. The molecular formula is C27H28N4O3. The Labute approximate surface area is 197 Å². The van der Waals surface area contributed by atoms with Crippen LogP contribution >= 0.6 is 0 Å². The number of fused-ring (bicyclic) bond motifs is 1. The van der Waals surface area contributed by atoms with Crippen LogP contribution in [0.15, 0.2) is 77.7 Å². The molecule has 2 N–H and O–H groups in total. The second-order valence-electron chi connectivity index (χ2n) is 8.89. The summed E-state index contributed by atoms with van der Waals surface area (Å²) >= 11 is 0. The smallest absolute Gasteiger partial charge is 0.407 e. The van der Waals surface area contributed by atoms with Gasteiger partial charge in [0.05, 0.1) is 12.1 Å². The van der Waals surface area contributed by atoms with Crippen LogP contribution in [0, 0.1) is 0 Å². The second-order valence-corrected chi connectivity index (χ2v) is 8.89. The third-order valence-electron chi connectivity index (χ3n) is 6.43. The molecule has 1 amide bonds. The summed E-state index contributed by atoms with van der Waals surface area (Å²) in [7, 11) is 0. The average molecular weight is 457 g/mol. The number of amides is 1. The Morgan fingerprint density at radius 1 is 1.03 bits per heavy atom. The van der Waals surface area contributed by atoms with Gasteiger partial charge in [-0.25, -0.2) is 9.78 Å². The number of rotatable bonds is 6. The number of nitrogens with one attached hydrogen (secondary N) is 2. The van der Waals surface area contributed by atoms with Crippen molar-refractivity contribution in [2.24, 2.45) is 0 Å². The summed E-state index contributed by atoms with van der Waals surface area (Å²) < 4.78 is 7.07. The molecule has 0 bridgehead atoms. The highest BCUT2D eigenvalue weighted by atomic mass is 16.5. The highest BCUT2D eigenvalue weighted by Crippen LogP contribution is 2.32. The Balaban J connectivity index is 1.24. The molecule has 2 aromatic heterocycles. The average Bonchev–Trinajstić information content (AvgIpc) is 3.31. The molecule has 7 nitrogen and oxygen atoms in total. The zero-order valence-electron chi connectivity index (χ0n) is 18.9. The number of imidazole rings is 1. The van der Waals surface area contributed by atoms with E-state index in [0.717, 1.165) is 48.2 Å². The molecule has 0 aliphatic heterocycles. The minimum Gasteiger partial charge on any atom is -0.445 e. The van der Waals surface area contributed by atoms with E-state index in [1.165, 1.54) is 0 Å². The van der Waals surface area contributed by atoms with E-state index in [-0.39, 0.29) is 24.1 Å². The summed E-state index contributed by atoms with van der Waals surface area (Å²) in [6, 6.07) is 21.5. The molecule has 4 aromatic rings. The second kappa shape index (κ2) is 9.95. The van der Waals surface area contributed by atoms with Gasteiger partial charge in [-0.1, -0.05) is 67.1 Å². The lowest BCUT2D eigenvalue weighted by Gasteiger charge is -2.28. The molecular weight excluding hydrogens is 428 g/mol. The van der Waals surface area contributed by atoms with Gasteiger partial charge in [0, 0.05) is 18.2 Å². The molecule has 5 rings (SSSR count). The van der Waals surface area contributed by atoms with Gasteiger partial charge in [0.15, 0.2) is 5.52 Å². The molecule has 34 heavy (non-hydrogen) atoms. The number of aromatic nitrogens is 3. The van der Waals surface area contributed by atoms with E-state index < -0.39 is 6.09 Å². The number of aromatic amines is 1. The molecule has 1 fully saturated rings. The van der Waals surface area contributed by atoms with E-state index in [1.807, 2.05) is 72.9 Å². The third-order valence-corrected chi connectivity index (χ3v) is 6.43. The topological polar surface area (TPSA) is 89.0 Å². The minimum atomic E-state index is -0.400. The van der Waals surface area contributed by atoms with Crippen molar-refractivity contribution >= 4 is 17.1 Å². The summed E-state index contributed by atoms with van der Waals surface area (Å²) in [5.41, 5.74) is 3.14. The molecule has 2 unspecified atom stereocenters. The number of hydrogen-bond donors (Lipinski definition) is 2. The molecule has 1 aliphatic carbocycles. The molecule has 2 atom stereocenters. The zero-order valence-corrected chi connectivity index (χ0v) is 18.9. The van der Waals surface area contributed by atoms with Crippen LogP contribution in [0.4, 0.5) is 4.79 Å². The Morgan fingerprint density at radius 2 is 1.76 bits per heavy atom. The molecule has 174 valence electrons. The Morgan fingerprint density at radius 3 is 2.53 bits per heavy atom. The number of nitrogens with zero attached hydrogens (tertiary/aromatic N) is 2. The maximum Gasteiger partial charge on any atom is 0.407 e. The normalized spacial score (nSPS) is 18.0. The van der Waals surface area contributed by atoms with Crippen LogP contribution in [0.25, 0.3) is 11.0 Å². The van der Waals surface area contributed by atoms with Crippen LogP contribution in [0.5, 0.6) is 0 Å². The van der Waals surface area contributed by atoms with E-state index in [0.29, 0.717) is 12.1 Å². The monoisotopic (exact) mass is 456 g/mol. The van der Waals surface area contributed by atoms with E-state index in [9.17, 15) is 9.59 Å². The molecule has 0 spiro atoms. The lowest BCUT2D eigenvalue weighted by Crippen LogP contribution is -2.38. The molecule has 1 saturated carbocycles. The van der Waals surface area contributed by atoms with E-state index in [4.69, 9.17) is 9.72 Å². The lowest BCUT2D eigenvalue weighted by atomic mass is 9.85. The molecule has 2 aromatic carbocycles. The van der Waals surface area contributed by atoms with Crippen LogP contribution in [0.1, 0.15) is 48.6 Å². The first kappa shape index (κ1) is 21.9. The largest absolute Gasteiger partial charge is 0.445 e. The number of hydrogen-bond acceptors (Lipinski definition) is 4. The van der Waals surface area contributed by atoms with Gasteiger partial charge in [-0.2, -0.15) is 0 Å². The summed E-state index contributed by atoms with van der Waals surface area (Å²) in [4.78, 5) is 33.4. The van der Waals surface area contributed by atoms with E-state index in [2.05, 4.69) is 10.3 Å². The van der Waals surface area contributed by atoms with Crippen molar-refractivity contribution in [1.29, 1.82) is 0 Å². The van der Waals surface area contributed by atoms with Crippen LogP contribution in [-0.2, 0) is 17.9 Å². The Hall–Kier alpha value is -3.87. The van der Waals surface area contributed by atoms with Crippen molar-refractivity contribution in [1.82, 2.24) is 19.9 Å². The zero-order chi connectivity index (χ0) is 23.3. The highest BCUT2D eigenvalue weighted by molar-refractivity contribution is 5.73. The fraction of sp³-hybridized carbons (Fsp3) is 0.296. The molecule has 1 aliphatic rings. The van der Waals surface area contributed by atoms with Crippen molar-refractivity contribution < 1.29 is 9.53 Å². The van der Waals surface area contributed by atoms with Gasteiger partial charge >= 0.3 is 6.09 Å². The van der Waals surface area contributed by atoms with E-state index >= 15 is 0 Å².